The van der Waals surface area contributed by atoms with E-state index >= 15 is 0 Å². The van der Waals surface area contributed by atoms with Gasteiger partial charge in [0.25, 0.3) is 0 Å². The smallest absolute Gasteiger partial charge is 0.434 e. The van der Waals surface area contributed by atoms with Gasteiger partial charge in [-0.3, -0.25) is 0 Å². The molecule has 0 aliphatic heterocycles. The van der Waals surface area contributed by atoms with Crippen LogP contribution in [0.4, 0.5) is 4.79 Å². The van der Waals surface area contributed by atoms with Crippen LogP contribution < -0.4 is 0 Å². The first-order valence-corrected chi connectivity index (χ1v) is 4.23. The zero-order chi connectivity index (χ0) is 10.5. The average Bonchev–Trinajstić information content (AvgIpc) is 1.81. The van der Waals surface area contributed by atoms with Gasteiger partial charge in [0.1, 0.15) is 5.60 Å². The van der Waals surface area contributed by atoms with E-state index in [4.69, 9.17) is 9.84 Å². The third-order valence-electron chi connectivity index (χ3n) is 1.15. The number of hydrogen-bond acceptors (Lipinski definition) is 3. The first-order chi connectivity index (χ1) is 5.85. The number of hydrogen-bond donors (Lipinski definition) is 1. The number of nitrogens with zero attached hydrogens (tertiary/aromatic N) is 1. The van der Waals surface area contributed by atoms with Gasteiger partial charge in [0.15, 0.2) is 0 Å². The van der Waals surface area contributed by atoms with Crippen LogP contribution in [0, 0.1) is 0 Å². The normalized spacial score (nSPS) is 12.8. The van der Waals surface area contributed by atoms with Crippen molar-refractivity contribution in [3.8, 4) is 0 Å². The first-order valence-electron chi connectivity index (χ1n) is 4.23. The Morgan fingerprint density at radius 3 is 2.38 bits per heavy atom. The fraction of sp³-hybridized carbons (Fsp3) is 0.778. The molecular formula is C9H17NO3. The summed E-state index contributed by atoms with van der Waals surface area (Å²) in [6.07, 6.45) is -0.197. The first kappa shape index (κ1) is 12.1. The average molecular weight is 187 g/mol. The van der Waals surface area contributed by atoms with E-state index in [1.54, 1.807) is 27.7 Å². The molecule has 4 nitrogen and oxygen atoms in total. The summed E-state index contributed by atoms with van der Waals surface area (Å²) in [5.74, 6) is 0. The highest BCUT2D eigenvalue weighted by Gasteiger charge is 2.15. The molecule has 4 heteroatoms. The largest absolute Gasteiger partial charge is 0.442 e. The van der Waals surface area contributed by atoms with Gasteiger partial charge in [0, 0.05) is 18.7 Å². The van der Waals surface area contributed by atoms with Crippen molar-refractivity contribution in [2.45, 2.75) is 39.7 Å². The Balaban J connectivity index is 4.07. The van der Waals surface area contributed by atoms with Crippen molar-refractivity contribution in [1.29, 1.82) is 0 Å². The maximum absolute atomic E-state index is 11.1. The zero-order valence-electron chi connectivity index (χ0n) is 8.63. The summed E-state index contributed by atoms with van der Waals surface area (Å²) in [5.41, 5.74) is 0.0665. The lowest BCUT2D eigenvalue weighted by Crippen LogP contribution is -2.22. The van der Waals surface area contributed by atoms with Gasteiger partial charge in [-0.05, 0) is 27.7 Å². The van der Waals surface area contributed by atoms with Crippen molar-refractivity contribution in [2.24, 2.45) is 4.99 Å². The van der Waals surface area contributed by atoms with Crippen LogP contribution in [-0.4, -0.2) is 29.1 Å². The number of rotatable bonds is 2. The Hall–Kier alpha value is -0.900. The molecule has 13 heavy (non-hydrogen) atoms. The molecule has 0 atom stereocenters. The Morgan fingerprint density at radius 2 is 2.00 bits per heavy atom. The summed E-state index contributed by atoms with van der Waals surface area (Å²) < 4.78 is 4.95. The number of carbonyl (C=O) groups is 1. The van der Waals surface area contributed by atoms with Crippen LogP contribution in [0.3, 0.4) is 0 Å². The van der Waals surface area contributed by atoms with Crippen molar-refractivity contribution in [1.82, 2.24) is 0 Å². The Kier molecular flexibility index (Phi) is 4.62. The van der Waals surface area contributed by atoms with Crippen LogP contribution in [-0.2, 0) is 4.74 Å². The van der Waals surface area contributed by atoms with Crippen LogP contribution in [0.5, 0.6) is 0 Å². The van der Waals surface area contributed by atoms with Gasteiger partial charge in [0.05, 0.1) is 0 Å². The lowest BCUT2D eigenvalue weighted by Gasteiger charge is -2.17. The van der Waals surface area contributed by atoms with Gasteiger partial charge in [-0.2, -0.15) is 4.99 Å². The summed E-state index contributed by atoms with van der Waals surface area (Å²) >= 11 is 0. The molecule has 0 rings (SSSR count). The second-order valence-electron chi connectivity index (χ2n) is 3.80. The molecule has 0 bridgehead atoms. The number of ether oxygens (including phenoxy) is 1. The Morgan fingerprint density at radius 1 is 1.46 bits per heavy atom. The summed E-state index contributed by atoms with van der Waals surface area (Å²) in [4.78, 5) is 14.7. The van der Waals surface area contributed by atoms with Crippen molar-refractivity contribution >= 4 is 11.8 Å². The number of aliphatic hydroxyl groups excluding tert-OH is 1. The SMILES string of the molecule is CC(CCO)=NC(=O)OC(C)(C)C. The molecule has 0 radical (unpaired) electrons. The van der Waals surface area contributed by atoms with E-state index in [0.29, 0.717) is 12.1 Å². The van der Waals surface area contributed by atoms with E-state index in [1.165, 1.54) is 0 Å². The number of carbonyl (C=O) groups excluding carboxylic acids is 1. The van der Waals surface area contributed by atoms with Crippen LogP contribution in [0.2, 0.25) is 0 Å². The fourth-order valence-electron chi connectivity index (χ4n) is 0.658. The van der Waals surface area contributed by atoms with Gasteiger partial charge in [-0.1, -0.05) is 0 Å². The zero-order valence-corrected chi connectivity index (χ0v) is 8.63. The number of aliphatic hydroxyl groups is 1. The fourth-order valence-corrected chi connectivity index (χ4v) is 0.658. The van der Waals surface area contributed by atoms with Crippen LogP contribution in [0.1, 0.15) is 34.1 Å². The molecule has 76 valence electrons. The molecule has 1 N–H and O–H groups in total. The second-order valence-corrected chi connectivity index (χ2v) is 3.80. The molecule has 0 unspecified atom stereocenters. The standard InChI is InChI=1S/C9H17NO3/c1-7(5-6-11)10-8(12)13-9(2,3)4/h11H,5-6H2,1-4H3. The van der Waals surface area contributed by atoms with Crippen LogP contribution in [0.15, 0.2) is 4.99 Å². The highest BCUT2D eigenvalue weighted by atomic mass is 16.6. The molecule has 0 spiro atoms. The van der Waals surface area contributed by atoms with Crippen LogP contribution in [0.25, 0.3) is 0 Å². The summed E-state index contributed by atoms with van der Waals surface area (Å²) in [6, 6.07) is 0. The quantitative estimate of drug-likeness (QED) is 0.670. The molecule has 0 aromatic carbocycles. The molecule has 0 saturated carbocycles. The monoisotopic (exact) mass is 187 g/mol. The summed E-state index contributed by atoms with van der Waals surface area (Å²) in [7, 11) is 0. The third kappa shape index (κ3) is 7.46. The van der Waals surface area contributed by atoms with E-state index in [9.17, 15) is 4.79 Å². The van der Waals surface area contributed by atoms with Gasteiger partial charge < -0.3 is 9.84 Å². The molecule has 0 aliphatic rings. The van der Waals surface area contributed by atoms with Gasteiger partial charge in [-0.25, -0.2) is 4.79 Å². The highest BCUT2D eigenvalue weighted by molar-refractivity contribution is 5.91. The van der Waals surface area contributed by atoms with Crippen molar-refractivity contribution < 1.29 is 14.6 Å². The molecule has 0 aromatic rings. The van der Waals surface area contributed by atoms with Gasteiger partial charge >= 0.3 is 6.09 Å². The van der Waals surface area contributed by atoms with E-state index in [2.05, 4.69) is 4.99 Å². The minimum Gasteiger partial charge on any atom is -0.442 e. The van der Waals surface area contributed by atoms with E-state index in [-0.39, 0.29) is 6.61 Å². The van der Waals surface area contributed by atoms with Gasteiger partial charge in [-0.15, -0.1) is 0 Å². The predicted octanol–water partition coefficient (Wildman–Crippen LogP) is 1.76. The molecular weight excluding hydrogens is 170 g/mol. The molecule has 1 amide bonds. The molecule has 0 fully saturated rings. The lowest BCUT2D eigenvalue weighted by molar-refractivity contribution is 0.0604. The van der Waals surface area contributed by atoms with Crippen molar-refractivity contribution in [3.05, 3.63) is 0 Å². The predicted molar refractivity (Wildman–Crippen MR) is 51.0 cm³/mol. The minimum atomic E-state index is -0.599. The Bertz CT molecular complexity index is 203. The van der Waals surface area contributed by atoms with E-state index in [0.717, 1.165) is 0 Å². The minimum absolute atomic E-state index is 0.00185. The van der Waals surface area contributed by atoms with Crippen molar-refractivity contribution in [3.63, 3.8) is 0 Å². The highest BCUT2D eigenvalue weighted by Crippen LogP contribution is 2.08. The maximum atomic E-state index is 11.1. The molecule has 0 heterocycles. The molecule has 0 aromatic heterocycles. The number of amides is 1. The van der Waals surface area contributed by atoms with E-state index in [1.807, 2.05) is 0 Å². The third-order valence-corrected chi connectivity index (χ3v) is 1.15. The van der Waals surface area contributed by atoms with Crippen molar-refractivity contribution in [2.75, 3.05) is 6.61 Å². The second kappa shape index (κ2) is 4.97. The van der Waals surface area contributed by atoms with Gasteiger partial charge in [0.2, 0.25) is 0 Å². The lowest BCUT2D eigenvalue weighted by atomic mass is 10.2. The summed E-state index contributed by atoms with van der Waals surface area (Å²) in [6.45, 7) is 7.02. The number of aliphatic imine (C=N–C) groups is 1. The molecule has 0 aliphatic carbocycles. The topological polar surface area (TPSA) is 58.9 Å². The van der Waals surface area contributed by atoms with Crippen LogP contribution >= 0.6 is 0 Å². The molecule has 0 saturated heterocycles. The summed E-state index contributed by atoms with van der Waals surface area (Å²) in [5, 5.41) is 8.55. The Labute approximate surface area is 78.6 Å². The van der Waals surface area contributed by atoms with E-state index < -0.39 is 11.7 Å². The maximum Gasteiger partial charge on any atom is 0.434 e.